The number of aromatic nitrogens is 1. The lowest BCUT2D eigenvalue weighted by Gasteiger charge is -2.10. The predicted molar refractivity (Wildman–Crippen MR) is 69.7 cm³/mol. The van der Waals surface area contributed by atoms with Crippen molar-refractivity contribution in [2.75, 3.05) is 0 Å². The van der Waals surface area contributed by atoms with E-state index < -0.39 is 17.8 Å². The highest BCUT2D eigenvalue weighted by Crippen LogP contribution is 2.37. The van der Waals surface area contributed by atoms with Gasteiger partial charge in [-0.05, 0) is 23.8 Å². The van der Waals surface area contributed by atoms with Crippen LogP contribution in [0.4, 0.5) is 17.6 Å². The Morgan fingerprint density at radius 2 is 1.45 bits per heavy atom. The monoisotopic (exact) mass is 343 g/mol. The number of pyridine rings is 1. The Labute approximate surface area is 126 Å². The quantitative estimate of drug-likeness (QED) is 0.358. The largest absolute Gasteiger partial charge is 0.433 e. The van der Waals surface area contributed by atoms with E-state index in [2.05, 4.69) is 4.98 Å². The molecule has 0 amide bonds. The molecule has 0 bridgehead atoms. The SMILES string of the molecule is Fc1cc(-c2cc(Cl)c(Cl)cc2Cl)cc(C(F)(F)F)n1. The summed E-state index contributed by atoms with van der Waals surface area (Å²) >= 11 is 17.4. The van der Waals surface area contributed by atoms with Crippen molar-refractivity contribution in [1.29, 1.82) is 0 Å². The van der Waals surface area contributed by atoms with Gasteiger partial charge in [0.25, 0.3) is 0 Å². The van der Waals surface area contributed by atoms with E-state index in [1.165, 1.54) is 12.1 Å². The molecule has 0 radical (unpaired) electrons. The van der Waals surface area contributed by atoms with Crippen LogP contribution in [0.3, 0.4) is 0 Å². The molecule has 0 saturated carbocycles. The van der Waals surface area contributed by atoms with Crippen molar-refractivity contribution in [1.82, 2.24) is 4.98 Å². The topological polar surface area (TPSA) is 12.9 Å². The second kappa shape index (κ2) is 5.39. The first-order valence-electron chi connectivity index (χ1n) is 5.08. The summed E-state index contributed by atoms with van der Waals surface area (Å²) in [4.78, 5) is 2.81. The molecule has 0 fully saturated rings. The number of nitrogens with zero attached hydrogens (tertiary/aromatic N) is 1. The van der Waals surface area contributed by atoms with Crippen LogP contribution in [0, 0.1) is 5.95 Å². The van der Waals surface area contributed by atoms with Crippen LogP contribution < -0.4 is 0 Å². The van der Waals surface area contributed by atoms with E-state index in [9.17, 15) is 17.6 Å². The first kappa shape index (κ1) is 15.4. The number of rotatable bonds is 1. The normalized spacial score (nSPS) is 11.8. The molecular formula is C12H4Cl3F4N. The fourth-order valence-electron chi connectivity index (χ4n) is 1.54. The fourth-order valence-corrected chi connectivity index (χ4v) is 2.20. The zero-order valence-electron chi connectivity index (χ0n) is 9.40. The van der Waals surface area contributed by atoms with Gasteiger partial charge in [0.1, 0.15) is 5.69 Å². The van der Waals surface area contributed by atoms with Crippen LogP contribution in [0.5, 0.6) is 0 Å². The second-order valence-electron chi connectivity index (χ2n) is 3.81. The van der Waals surface area contributed by atoms with Gasteiger partial charge in [-0.15, -0.1) is 0 Å². The Morgan fingerprint density at radius 3 is 2.05 bits per heavy atom. The van der Waals surface area contributed by atoms with Crippen LogP contribution in [0.15, 0.2) is 24.3 Å². The van der Waals surface area contributed by atoms with Crippen molar-refractivity contribution in [3.05, 3.63) is 51.0 Å². The molecule has 1 heterocycles. The number of alkyl halides is 3. The van der Waals surface area contributed by atoms with E-state index in [1.54, 1.807) is 0 Å². The first-order chi connectivity index (χ1) is 9.18. The maximum atomic E-state index is 13.2. The number of hydrogen-bond acceptors (Lipinski definition) is 1. The van der Waals surface area contributed by atoms with Crippen LogP contribution in [0.25, 0.3) is 11.1 Å². The van der Waals surface area contributed by atoms with Gasteiger partial charge in [-0.2, -0.15) is 17.6 Å². The van der Waals surface area contributed by atoms with E-state index in [1.807, 2.05) is 0 Å². The third kappa shape index (κ3) is 3.16. The molecule has 0 N–H and O–H groups in total. The third-order valence-corrected chi connectivity index (χ3v) is 3.44. The molecule has 0 saturated heterocycles. The molecule has 0 atom stereocenters. The van der Waals surface area contributed by atoms with Gasteiger partial charge < -0.3 is 0 Å². The summed E-state index contributed by atoms with van der Waals surface area (Å²) in [5, 5.41) is 0.293. The Kier molecular flexibility index (Phi) is 4.14. The van der Waals surface area contributed by atoms with Crippen LogP contribution >= 0.6 is 34.8 Å². The average molecular weight is 345 g/mol. The predicted octanol–water partition coefficient (Wildman–Crippen LogP) is 5.87. The second-order valence-corrected chi connectivity index (χ2v) is 5.03. The summed E-state index contributed by atoms with van der Waals surface area (Å²) in [6.45, 7) is 0. The van der Waals surface area contributed by atoms with Gasteiger partial charge in [-0.25, -0.2) is 4.98 Å². The van der Waals surface area contributed by atoms with E-state index in [0.29, 0.717) is 6.07 Å². The van der Waals surface area contributed by atoms with E-state index in [0.717, 1.165) is 6.07 Å². The standard InChI is InChI=1S/C12H4Cl3F4N/c13-7-4-9(15)8(14)3-6(7)5-1-10(12(17,18)19)20-11(16)2-5/h1-4H. The molecule has 0 aliphatic heterocycles. The average Bonchev–Trinajstić information content (AvgIpc) is 2.32. The Hall–Kier alpha value is -1.04. The molecule has 2 rings (SSSR count). The smallest absolute Gasteiger partial charge is 0.215 e. The highest BCUT2D eigenvalue weighted by Gasteiger charge is 2.33. The zero-order chi connectivity index (χ0) is 15.1. The van der Waals surface area contributed by atoms with Crippen LogP contribution in [-0.2, 0) is 6.18 Å². The molecule has 0 aliphatic carbocycles. The minimum atomic E-state index is -4.76. The molecule has 2 aromatic rings. The van der Waals surface area contributed by atoms with Gasteiger partial charge in [0.05, 0.1) is 10.0 Å². The molecule has 0 unspecified atom stereocenters. The lowest BCUT2D eigenvalue weighted by atomic mass is 10.1. The molecule has 1 aromatic heterocycles. The van der Waals surface area contributed by atoms with E-state index in [-0.39, 0.29) is 26.2 Å². The maximum Gasteiger partial charge on any atom is 0.433 e. The summed E-state index contributed by atoms with van der Waals surface area (Å²) in [7, 11) is 0. The molecule has 20 heavy (non-hydrogen) atoms. The molecule has 0 spiro atoms. The molecular weight excluding hydrogens is 340 g/mol. The Balaban J connectivity index is 2.64. The molecule has 0 aliphatic rings. The lowest BCUT2D eigenvalue weighted by molar-refractivity contribution is -0.141. The minimum Gasteiger partial charge on any atom is -0.215 e. The van der Waals surface area contributed by atoms with Gasteiger partial charge in [-0.3, -0.25) is 0 Å². The zero-order valence-corrected chi connectivity index (χ0v) is 11.7. The summed E-state index contributed by atoms with van der Waals surface area (Å²) in [6.07, 6.45) is -4.76. The van der Waals surface area contributed by atoms with Gasteiger partial charge in [0.2, 0.25) is 5.95 Å². The number of benzene rings is 1. The van der Waals surface area contributed by atoms with Gasteiger partial charge in [-0.1, -0.05) is 34.8 Å². The van der Waals surface area contributed by atoms with Crippen molar-refractivity contribution in [2.24, 2.45) is 0 Å². The van der Waals surface area contributed by atoms with Crippen molar-refractivity contribution < 1.29 is 17.6 Å². The van der Waals surface area contributed by atoms with Gasteiger partial charge in [0, 0.05) is 16.7 Å². The molecule has 1 nitrogen and oxygen atoms in total. The van der Waals surface area contributed by atoms with Crippen molar-refractivity contribution in [2.45, 2.75) is 6.18 Å². The number of hydrogen-bond donors (Lipinski definition) is 0. The van der Waals surface area contributed by atoms with E-state index >= 15 is 0 Å². The third-order valence-electron chi connectivity index (χ3n) is 2.41. The van der Waals surface area contributed by atoms with Crippen LogP contribution in [0.1, 0.15) is 5.69 Å². The van der Waals surface area contributed by atoms with Crippen molar-refractivity contribution in [3.63, 3.8) is 0 Å². The lowest BCUT2D eigenvalue weighted by Crippen LogP contribution is -2.09. The van der Waals surface area contributed by atoms with E-state index in [4.69, 9.17) is 34.8 Å². The van der Waals surface area contributed by atoms with Gasteiger partial charge >= 0.3 is 6.18 Å². The number of halogens is 7. The maximum absolute atomic E-state index is 13.2. The van der Waals surface area contributed by atoms with Crippen molar-refractivity contribution in [3.8, 4) is 11.1 Å². The molecule has 1 aromatic carbocycles. The molecule has 106 valence electrons. The highest BCUT2D eigenvalue weighted by atomic mass is 35.5. The first-order valence-corrected chi connectivity index (χ1v) is 6.21. The summed E-state index contributed by atoms with van der Waals surface area (Å²) in [5.74, 6) is -1.27. The van der Waals surface area contributed by atoms with Crippen LogP contribution in [0.2, 0.25) is 15.1 Å². The molecule has 8 heteroatoms. The summed E-state index contributed by atoms with van der Waals surface area (Å²) < 4.78 is 51.0. The van der Waals surface area contributed by atoms with Crippen LogP contribution in [-0.4, -0.2) is 4.98 Å². The minimum absolute atomic E-state index is 0.0538. The summed E-state index contributed by atoms with van der Waals surface area (Å²) in [5.41, 5.74) is -1.31. The Bertz CT molecular complexity index is 670. The Morgan fingerprint density at radius 1 is 0.850 bits per heavy atom. The van der Waals surface area contributed by atoms with Crippen molar-refractivity contribution >= 4 is 34.8 Å². The summed E-state index contributed by atoms with van der Waals surface area (Å²) in [6, 6.07) is 4.06. The fraction of sp³-hybridized carbons (Fsp3) is 0.0833. The van der Waals surface area contributed by atoms with Gasteiger partial charge in [0.15, 0.2) is 0 Å². The highest BCUT2D eigenvalue weighted by molar-refractivity contribution is 6.44.